The van der Waals surface area contributed by atoms with E-state index in [1.54, 1.807) is 26.0 Å². The van der Waals surface area contributed by atoms with Crippen LogP contribution in [0.15, 0.2) is 46.2 Å². The van der Waals surface area contributed by atoms with Crippen LogP contribution in [0.2, 0.25) is 0 Å². The quantitative estimate of drug-likeness (QED) is 0.597. The number of aryl methyl sites for hydroxylation is 1. The number of rotatable bonds is 6. The summed E-state index contributed by atoms with van der Waals surface area (Å²) in [6, 6.07) is 10.2. The Kier molecular flexibility index (Phi) is 6.74. The fourth-order valence-electron chi connectivity index (χ4n) is 3.56. The molecule has 2 aromatic carbocycles. The van der Waals surface area contributed by atoms with E-state index < -0.39 is 21.7 Å². The summed E-state index contributed by atoms with van der Waals surface area (Å²) < 4.78 is 35.5. The molecule has 3 rings (SSSR count). The molecule has 0 bridgehead atoms. The first kappa shape index (κ1) is 23.6. The second-order valence-corrected chi connectivity index (χ2v) is 11.3. The van der Waals surface area contributed by atoms with Crippen molar-refractivity contribution >= 4 is 33.4 Å². The van der Waals surface area contributed by atoms with E-state index in [4.69, 9.17) is 4.74 Å². The SMILES string of the molecule is CSc1ccc(S(=O)(=O)N[C@H]2CC(C)(C)Oc3ccc(C)cc32)cc1NC(=O)C(C)C. The number of fused-ring (bicyclic) bond motifs is 1. The van der Waals surface area contributed by atoms with Crippen molar-refractivity contribution < 1.29 is 17.9 Å². The zero-order valence-corrected chi connectivity index (χ0v) is 20.4. The van der Waals surface area contributed by atoms with E-state index in [1.807, 2.05) is 45.2 Å². The number of nitrogens with one attached hydrogen (secondary N) is 2. The third-order valence-corrected chi connectivity index (χ3v) is 7.45. The van der Waals surface area contributed by atoms with Crippen molar-refractivity contribution in [2.45, 2.75) is 62.5 Å². The molecule has 0 spiro atoms. The minimum absolute atomic E-state index is 0.114. The number of ether oxygens (including phenoxy) is 1. The van der Waals surface area contributed by atoms with Crippen molar-refractivity contribution in [3.8, 4) is 5.75 Å². The van der Waals surface area contributed by atoms with Crippen molar-refractivity contribution in [2.24, 2.45) is 5.92 Å². The molecule has 1 amide bonds. The van der Waals surface area contributed by atoms with Gasteiger partial charge in [-0.25, -0.2) is 13.1 Å². The normalized spacial score (nSPS) is 17.7. The van der Waals surface area contributed by atoms with Crippen LogP contribution in [0.25, 0.3) is 0 Å². The number of sulfonamides is 1. The number of hydrogen-bond donors (Lipinski definition) is 2. The summed E-state index contributed by atoms with van der Waals surface area (Å²) in [5.74, 6) is 0.322. The minimum Gasteiger partial charge on any atom is -0.487 e. The second kappa shape index (κ2) is 8.84. The summed E-state index contributed by atoms with van der Waals surface area (Å²) >= 11 is 1.45. The first-order chi connectivity index (χ1) is 14.4. The molecule has 0 unspecified atom stereocenters. The summed E-state index contributed by atoms with van der Waals surface area (Å²) in [4.78, 5) is 13.1. The van der Waals surface area contributed by atoms with Gasteiger partial charge in [0.05, 0.1) is 16.6 Å². The van der Waals surface area contributed by atoms with Gasteiger partial charge in [-0.05, 0) is 51.3 Å². The third-order valence-electron chi connectivity index (χ3n) is 5.18. The van der Waals surface area contributed by atoms with E-state index in [2.05, 4.69) is 10.0 Å². The number of carbonyl (C=O) groups is 1. The van der Waals surface area contributed by atoms with Gasteiger partial charge in [0.15, 0.2) is 0 Å². The summed E-state index contributed by atoms with van der Waals surface area (Å²) in [6.07, 6.45) is 2.39. The molecule has 0 aliphatic carbocycles. The van der Waals surface area contributed by atoms with Gasteiger partial charge in [0, 0.05) is 22.8 Å². The monoisotopic (exact) mass is 462 g/mol. The van der Waals surface area contributed by atoms with Crippen molar-refractivity contribution in [1.82, 2.24) is 4.72 Å². The third kappa shape index (κ3) is 5.42. The molecule has 2 aromatic rings. The smallest absolute Gasteiger partial charge is 0.241 e. The predicted molar refractivity (Wildman–Crippen MR) is 125 cm³/mol. The van der Waals surface area contributed by atoms with E-state index in [1.165, 1.54) is 17.8 Å². The lowest BCUT2D eigenvalue weighted by Gasteiger charge is -2.38. The largest absolute Gasteiger partial charge is 0.487 e. The predicted octanol–water partition coefficient (Wildman–Crippen LogP) is 4.89. The van der Waals surface area contributed by atoms with Crippen LogP contribution in [0.5, 0.6) is 5.75 Å². The van der Waals surface area contributed by atoms with Crippen molar-refractivity contribution in [3.63, 3.8) is 0 Å². The average molecular weight is 463 g/mol. The highest BCUT2D eigenvalue weighted by Crippen LogP contribution is 2.40. The number of benzene rings is 2. The fourth-order valence-corrected chi connectivity index (χ4v) is 5.34. The standard InChI is InChI=1S/C23H30N2O4S2/c1-14(2)22(26)24-18-12-16(8-10-21(18)30-6)31(27,28)25-19-13-23(4,5)29-20-9-7-15(3)11-17(19)20/h7-12,14,19,25H,13H2,1-6H3,(H,24,26)/t19-/m0/s1. The molecular weight excluding hydrogens is 432 g/mol. The number of anilines is 1. The van der Waals surface area contributed by atoms with Crippen LogP contribution in [-0.4, -0.2) is 26.2 Å². The molecule has 1 aliphatic rings. The Morgan fingerprint density at radius 3 is 2.55 bits per heavy atom. The maximum Gasteiger partial charge on any atom is 0.241 e. The van der Waals surface area contributed by atoms with Crippen molar-refractivity contribution in [3.05, 3.63) is 47.5 Å². The average Bonchev–Trinajstić information content (AvgIpc) is 2.67. The molecule has 1 aliphatic heterocycles. The Hall–Kier alpha value is -2.03. The highest BCUT2D eigenvalue weighted by Gasteiger charge is 2.36. The summed E-state index contributed by atoms with van der Waals surface area (Å²) in [5.41, 5.74) is 1.86. The van der Waals surface area contributed by atoms with Gasteiger partial charge < -0.3 is 10.1 Å². The molecule has 1 heterocycles. The Morgan fingerprint density at radius 2 is 1.90 bits per heavy atom. The van der Waals surface area contributed by atoms with Crippen LogP contribution in [0.1, 0.15) is 51.3 Å². The highest BCUT2D eigenvalue weighted by molar-refractivity contribution is 7.98. The Labute approximate surface area is 189 Å². The minimum atomic E-state index is -3.84. The van der Waals surface area contributed by atoms with Crippen LogP contribution in [-0.2, 0) is 14.8 Å². The van der Waals surface area contributed by atoms with Gasteiger partial charge in [0.25, 0.3) is 0 Å². The molecule has 31 heavy (non-hydrogen) atoms. The molecular formula is C23H30N2O4S2. The van der Waals surface area contributed by atoms with Gasteiger partial charge in [-0.3, -0.25) is 4.79 Å². The lowest BCUT2D eigenvalue weighted by Crippen LogP contribution is -2.41. The molecule has 1 atom stereocenters. The van der Waals surface area contributed by atoms with Gasteiger partial charge in [0.2, 0.25) is 15.9 Å². The number of thioether (sulfide) groups is 1. The van der Waals surface area contributed by atoms with E-state index >= 15 is 0 Å². The van der Waals surface area contributed by atoms with Gasteiger partial charge in [-0.2, -0.15) is 0 Å². The Morgan fingerprint density at radius 1 is 1.19 bits per heavy atom. The molecule has 8 heteroatoms. The van der Waals surface area contributed by atoms with Gasteiger partial charge in [-0.1, -0.05) is 31.5 Å². The lowest BCUT2D eigenvalue weighted by atomic mass is 9.89. The van der Waals surface area contributed by atoms with Gasteiger partial charge >= 0.3 is 0 Å². The molecule has 6 nitrogen and oxygen atoms in total. The molecule has 0 fully saturated rings. The van der Waals surface area contributed by atoms with E-state index in [0.29, 0.717) is 17.9 Å². The second-order valence-electron chi connectivity index (χ2n) is 8.79. The van der Waals surface area contributed by atoms with Crippen LogP contribution < -0.4 is 14.8 Å². The van der Waals surface area contributed by atoms with Crippen LogP contribution >= 0.6 is 11.8 Å². The number of hydrogen-bond acceptors (Lipinski definition) is 5. The van der Waals surface area contributed by atoms with E-state index in [0.717, 1.165) is 16.0 Å². The number of amides is 1. The maximum absolute atomic E-state index is 13.3. The van der Waals surface area contributed by atoms with Crippen molar-refractivity contribution in [1.29, 1.82) is 0 Å². The molecule has 0 saturated heterocycles. The van der Waals surface area contributed by atoms with Crippen molar-refractivity contribution in [2.75, 3.05) is 11.6 Å². The Bertz CT molecular complexity index is 1090. The highest BCUT2D eigenvalue weighted by atomic mass is 32.2. The first-order valence-electron chi connectivity index (χ1n) is 10.2. The van der Waals surface area contributed by atoms with E-state index in [-0.39, 0.29) is 16.7 Å². The van der Waals surface area contributed by atoms with Crippen LogP contribution in [0, 0.1) is 12.8 Å². The fraction of sp³-hybridized carbons (Fsp3) is 0.435. The Balaban J connectivity index is 1.96. The maximum atomic E-state index is 13.3. The summed E-state index contributed by atoms with van der Waals surface area (Å²) in [7, 11) is -3.84. The molecule has 0 saturated carbocycles. The van der Waals surface area contributed by atoms with E-state index in [9.17, 15) is 13.2 Å². The zero-order chi connectivity index (χ0) is 23.0. The molecule has 2 N–H and O–H groups in total. The molecule has 0 radical (unpaired) electrons. The first-order valence-corrected chi connectivity index (χ1v) is 12.9. The van der Waals surface area contributed by atoms with Gasteiger partial charge in [0.1, 0.15) is 11.4 Å². The topological polar surface area (TPSA) is 84.5 Å². The lowest BCUT2D eigenvalue weighted by molar-refractivity contribution is -0.118. The summed E-state index contributed by atoms with van der Waals surface area (Å²) in [6.45, 7) is 9.45. The van der Waals surface area contributed by atoms with Crippen LogP contribution in [0.3, 0.4) is 0 Å². The van der Waals surface area contributed by atoms with Crippen LogP contribution in [0.4, 0.5) is 5.69 Å². The van der Waals surface area contributed by atoms with Gasteiger partial charge in [-0.15, -0.1) is 11.8 Å². The summed E-state index contributed by atoms with van der Waals surface area (Å²) in [5, 5.41) is 2.84. The molecule has 0 aromatic heterocycles. The molecule has 168 valence electrons. The number of carbonyl (C=O) groups excluding carboxylic acids is 1. The zero-order valence-electron chi connectivity index (χ0n) is 18.8.